The molecule has 0 atom stereocenters. The molecule has 0 spiro atoms. The summed E-state index contributed by atoms with van der Waals surface area (Å²) in [5, 5.41) is 23.9. The van der Waals surface area contributed by atoms with Gasteiger partial charge in [-0.1, -0.05) is 36.4 Å². The molecule has 0 aliphatic heterocycles. The number of halogens is 1. The third kappa shape index (κ3) is 1.57. The van der Waals surface area contributed by atoms with Crippen molar-refractivity contribution in [1.82, 2.24) is 0 Å². The molecule has 0 radical (unpaired) electrons. The Hall–Kier alpha value is -2.81. The molecule has 0 amide bonds. The van der Waals surface area contributed by atoms with Crippen LogP contribution in [0.3, 0.4) is 0 Å². The predicted molar refractivity (Wildman–Crippen MR) is 82.2 cm³/mol. The normalized spacial score (nSPS) is 11.5. The summed E-state index contributed by atoms with van der Waals surface area (Å²) < 4.78 is 14.4. The van der Waals surface area contributed by atoms with Crippen molar-refractivity contribution in [2.24, 2.45) is 0 Å². The molecule has 2 N–H and O–H groups in total. The molecule has 4 rings (SSSR count). The monoisotopic (exact) mass is 278 g/mol. The molecule has 4 aromatic rings. The summed E-state index contributed by atoms with van der Waals surface area (Å²) >= 11 is 0. The van der Waals surface area contributed by atoms with E-state index in [0.717, 1.165) is 16.2 Å². The molecule has 0 fully saturated rings. The first-order valence-electron chi connectivity index (χ1n) is 6.61. The first-order chi connectivity index (χ1) is 10.2. The molecule has 0 heterocycles. The number of hydrogen-bond acceptors (Lipinski definition) is 2. The highest BCUT2D eigenvalue weighted by molar-refractivity contribution is 6.27. The van der Waals surface area contributed by atoms with Gasteiger partial charge in [-0.2, -0.15) is 0 Å². The van der Waals surface area contributed by atoms with Gasteiger partial charge in [0.2, 0.25) is 0 Å². The molecule has 2 nitrogen and oxygen atoms in total. The summed E-state index contributed by atoms with van der Waals surface area (Å²) in [6.07, 6.45) is 0. The Labute approximate surface area is 119 Å². The molecule has 0 bridgehead atoms. The lowest BCUT2D eigenvalue weighted by Crippen LogP contribution is -1.87. The van der Waals surface area contributed by atoms with E-state index in [1.807, 2.05) is 30.3 Å². The van der Waals surface area contributed by atoms with E-state index < -0.39 is 0 Å². The van der Waals surface area contributed by atoms with Gasteiger partial charge in [0.1, 0.15) is 17.3 Å². The highest BCUT2D eigenvalue weighted by Crippen LogP contribution is 2.41. The highest BCUT2D eigenvalue weighted by atomic mass is 19.1. The highest BCUT2D eigenvalue weighted by Gasteiger charge is 2.15. The second kappa shape index (κ2) is 4.09. The number of aromatic hydroxyl groups is 2. The van der Waals surface area contributed by atoms with E-state index in [1.165, 1.54) is 12.1 Å². The smallest absolute Gasteiger partial charge is 0.131 e. The van der Waals surface area contributed by atoms with Crippen LogP contribution in [0, 0.1) is 5.82 Å². The number of phenolic OH excluding ortho intramolecular Hbond substituents is 2. The first-order valence-corrected chi connectivity index (χ1v) is 6.61. The largest absolute Gasteiger partial charge is 0.508 e. The van der Waals surface area contributed by atoms with E-state index in [2.05, 4.69) is 0 Å². The van der Waals surface area contributed by atoms with Gasteiger partial charge in [-0.25, -0.2) is 4.39 Å². The molecule has 3 heteroatoms. The minimum Gasteiger partial charge on any atom is -0.508 e. The molecule has 4 aromatic carbocycles. The van der Waals surface area contributed by atoms with Crippen molar-refractivity contribution in [2.75, 3.05) is 0 Å². The molecule has 102 valence electrons. The first kappa shape index (κ1) is 12.0. The fourth-order valence-electron chi connectivity index (χ4n) is 3.04. The minimum atomic E-state index is -0.385. The zero-order chi connectivity index (χ0) is 14.6. The van der Waals surface area contributed by atoms with E-state index in [9.17, 15) is 14.6 Å². The second-order valence-electron chi connectivity index (χ2n) is 5.10. The van der Waals surface area contributed by atoms with E-state index in [-0.39, 0.29) is 17.3 Å². The SMILES string of the molecule is Oc1cc(O)c2c(c1)c1ccccc1c1cccc(F)c12. The summed E-state index contributed by atoms with van der Waals surface area (Å²) in [7, 11) is 0. The van der Waals surface area contributed by atoms with Crippen LogP contribution in [-0.4, -0.2) is 10.2 Å². The van der Waals surface area contributed by atoms with Crippen molar-refractivity contribution in [3.63, 3.8) is 0 Å². The van der Waals surface area contributed by atoms with Crippen LogP contribution in [0.1, 0.15) is 0 Å². The summed E-state index contributed by atoms with van der Waals surface area (Å²) in [6, 6.07) is 15.3. The average Bonchev–Trinajstić information content (AvgIpc) is 2.47. The van der Waals surface area contributed by atoms with Gasteiger partial charge < -0.3 is 10.2 Å². The van der Waals surface area contributed by atoms with Crippen molar-refractivity contribution in [2.45, 2.75) is 0 Å². The topological polar surface area (TPSA) is 40.5 Å². The lowest BCUT2D eigenvalue weighted by Gasteiger charge is -2.12. The molecule has 0 unspecified atom stereocenters. The van der Waals surface area contributed by atoms with Crippen LogP contribution in [0.2, 0.25) is 0 Å². The average molecular weight is 278 g/mol. The molecule has 0 saturated carbocycles. The maximum absolute atomic E-state index is 14.4. The third-order valence-corrected chi connectivity index (χ3v) is 3.87. The fraction of sp³-hybridized carbons (Fsp3) is 0. The van der Waals surface area contributed by atoms with Gasteiger partial charge in [0.15, 0.2) is 0 Å². The predicted octanol–water partition coefficient (Wildman–Crippen LogP) is 4.70. The van der Waals surface area contributed by atoms with E-state index >= 15 is 0 Å². The Morgan fingerprint density at radius 1 is 0.667 bits per heavy atom. The van der Waals surface area contributed by atoms with Crippen LogP contribution in [0.25, 0.3) is 32.3 Å². The van der Waals surface area contributed by atoms with Crippen molar-refractivity contribution in [3.05, 3.63) is 60.4 Å². The van der Waals surface area contributed by atoms with E-state index in [0.29, 0.717) is 16.2 Å². The zero-order valence-corrected chi connectivity index (χ0v) is 11.0. The summed E-state index contributed by atoms with van der Waals surface area (Å²) in [5.74, 6) is -0.545. The van der Waals surface area contributed by atoms with Gasteiger partial charge in [-0.15, -0.1) is 0 Å². The van der Waals surface area contributed by atoms with Crippen LogP contribution < -0.4 is 0 Å². The zero-order valence-electron chi connectivity index (χ0n) is 11.0. The number of benzene rings is 4. The molecular formula is C18H11FO2. The van der Waals surface area contributed by atoms with Crippen molar-refractivity contribution in [3.8, 4) is 11.5 Å². The van der Waals surface area contributed by atoms with Crippen LogP contribution >= 0.6 is 0 Å². The van der Waals surface area contributed by atoms with Gasteiger partial charge in [0.05, 0.1) is 0 Å². The summed E-state index contributed by atoms with van der Waals surface area (Å²) in [6.45, 7) is 0. The lowest BCUT2D eigenvalue weighted by molar-refractivity contribution is 0.455. The molecule has 0 aliphatic carbocycles. The lowest BCUT2D eigenvalue weighted by atomic mass is 9.93. The Balaban J connectivity index is 2.48. The van der Waals surface area contributed by atoms with E-state index in [1.54, 1.807) is 12.1 Å². The Morgan fingerprint density at radius 3 is 2.10 bits per heavy atom. The number of hydrogen-bond donors (Lipinski definition) is 2. The summed E-state index contributed by atoms with van der Waals surface area (Å²) in [4.78, 5) is 0. The standard InChI is InChI=1S/C18H11FO2/c19-15-7-3-6-13-11-4-1-2-5-12(11)14-8-10(20)9-16(21)18(14)17(13)15/h1-9,20-21H. The minimum absolute atomic E-state index is 0.0409. The van der Waals surface area contributed by atoms with Gasteiger partial charge in [-0.05, 0) is 33.7 Å². The fourth-order valence-corrected chi connectivity index (χ4v) is 3.04. The van der Waals surface area contributed by atoms with Gasteiger partial charge >= 0.3 is 0 Å². The van der Waals surface area contributed by atoms with Crippen LogP contribution in [0.4, 0.5) is 4.39 Å². The third-order valence-electron chi connectivity index (χ3n) is 3.87. The number of rotatable bonds is 0. The maximum atomic E-state index is 14.4. The van der Waals surface area contributed by atoms with Gasteiger partial charge in [-0.3, -0.25) is 0 Å². The number of phenols is 2. The molecule has 0 aromatic heterocycles. The molecule has 0 aliphatic rings. The maximum Gasteiger partial charge on any atom is 0.131 e. The number of fused-ring (bicyclic) bond motifs is 6. The van der Waals surface area contributed by atoms with Crippen LogP contribution in [0.5, 0.6) is 11.5 Å². The van der Waals surface area contributed by atoms with Gasteiger partial charge in [0, 0.05) is 16.8 Å². The molecule has 0 saturated heterocycles. The van der Waals surface area contributed by atoms with E-state index in [4.69, 9.17) is 0 Å². The van der Waals surface area contributed by atoms with Crippen LogP contribution in [-0.2, 0) is 0 Å². The molecular weight excluding hydrogens is 267 g/mol. The van der Waals surface area contributed by atoms with Crippen molar-refractivity contribution in [1.29, 1.82) is 0 Å². The van der Waals surface area contributed by atoms with Crippen molar-refractivity contribution >= 4 is 32.3 Å². The van der Waals surface area contributed by atoms with Crippen molar-refractivity contribution < 1.29 is 14.6 Å². The Bertz CT molecular complexity index is 1020. The Morgan fingerprint density at radius 2 is 1.33 bits per heavy atom. The van der Waals surface area contributed by atoms with Crippen LogP contribution in [0.15, 0.2) is 54.6 Å². The summed E-state index contributed by atoms with van der Waals surface area (Å²) in [5.41, 5.74) is 0. The molecule has 21 heavy (non-hydrogen) atoms. The Kier molecular flexibility index (Phi) is 2.33. The second-order valence-corrected chi connectivity index (χ2v) is 5.10. The quantitative estimate of drug-likeness (QED) is 0.458. The van der Waals surface area contributed by atoms with Gasteiger partial charge in [0.25, 0.3) is 0 Å².